The normalized spacial score (nSPS) is 21.4. The van der Waals surface area contributed by atoms with Crippen LogP contribution in [0.1, 0.15) is 9.67 Å². The fourth-order valence-electron chi connectivity index (χ4n) is 2.05. The molecule has 1 aliphatic rings. The standard InChI is InChI=1S/C12H19N3OS/c1-14-6-5-13-8-10(14)9-15(2)12(16)11-4-3-7-17-11/h3-4,7,10,13H,5-6,8-9H2,1-2H3. The first-order valence-electron chi connectivity index (χ1n) is 5.88. The molecule has 0 spiro atoms. The molecule has 1 aromatic heterocycles. The number of piperazine rings is 1. The summed E-state index contributed by atoms with van der Waals surface area (Å²) in [5, 5.41) is 5.31. The van der Waals surface area contributed by atoms with Crippen molar-refractivity contribution < 1.29 is 4.79 Å². The van der Waals surface area contributed by atoms with E-state index >= 15 is 0 Å². The minimum absolute atomic E-state index is 0.124. The van der Waals surface area contributed by atoms with Crippen molar-refractivity contribution >= 4 is 17.2 Å². The summed E-state index contributed by atoms with van der Waals surface area (Å²) in [6.45, 7) is 3.82. The summed E-state index contributed by atoms with van der Waals surface area (Å²) in [5.74, 6) is 0.124. The zero-order valence-corrected chi connectivity index (χ0v) is 11.2. The van der Waals surface area contributed by atoms with E-state index in [9.17, 15) is 4.79 Å². The molecule has 1 unspecified atom stereocenters. The third kappa shape index (κ3) is 3.06. The molecule has 1 aliphatic heterocycles. The summed E-state index contributed by atoms with van der Waals surface area (Å²) >= 11 is 1.50. The van der Waals surface area contributed by atoms with Crippen molar-refractivity contribution in [3.63, 3.8) is 0 Å². The Hall–Kier alpha value is -0.910. The van der Waals surface area contributed by atoms with Gasteiger partial charge < -0.3 is 10.2 Å². The van der Waals surface area contributed by atoms with E-state index in [1.54, 1.807) is 0 Å². The second-order valence-corrected chi connectivity index (χ2v) is 5.45. The van der Waals surface area contributed by atoms with Crippen LogP contribution in [0.3, 0.4) is 0 Å². The molecule has 1 aromatic rings. The van der Waals surface area contributed by atoms with E-state index in [-0.39, 0.29) is 5.91 Å². The van der Waals surface area contributed by atoms with E-state index in [1.165, 1.54) is 11.3 Å². The van der Waals surface area contributed by atoms with Crippen molar-refractivity contribution in [2.24, 2.45) is 0 Å². The predicted molar refractivity (Wildman–Crippen MR) is 70.6 cm³/mol. The van der Waals surface area contributed by atoms with Crippen LogP contribution in [0.5, 0.6) is 0 Å². The van der Waals surface area contributed by atoms with E-state index in [0.29, 0.717) is 6.04 Å². The van der Waals surface area contributed by atoms with Crippen molar-refractivity contribution in [3.05, 3.63) is 22.4 Å². The molecule has 0 aliphatic carbocycles. The number of carbonyl (C=O) groups excluding carboxylic acids is 1. The van der Waals surface area contributed by atoms with Crippen LogP contribution in [0, 0.1) is 0 Å². The molecule has 5 heteroatoms. The number of rotatable bonds is 3. The third-order valence-electron chi connectivity index (χ3n) is 3.21. The van der Waals surface area contributed by atoms with Crippen LogP contribution >= 0.6 is 11.3 Å². The highest BCUT2D eigenvalue weighted by Gasteiger charge is 2.22. The van der Waals surface area contributed by atoms with E-state index < -0.39 is 0 Å². The molecule has 0 saturated carbocycles. The maximum atomic E-state index is 12.1. The van der Waals surface area contributed by atoms with Crippen LogP contribution in [-0.4, -0.2) is 62.0 Å². The summed E-state index contributed by atoms with van der Waals surface area (Å²) in [6, 6.07) is 4.21. The number of hydrogen-bond donors (Lipinski definition) is 1. The van der Waals surface area contributed by atoms with Gasteiger partial charge in [-0.15, -0.1) is 11.3 Å². The van der Waals surface area contributed by atoms with Crippen LogP contribution in [-0.2, 0) is 0 Å². The lowest BCUT2D eigenvalue weighted by atomic mass is 10.2. The molecule has 2 heterocycles. The monoisotopic (exact) mass is 253 g/mol. The number of thiophene rings is 1. The van der Waals surface area contributed by atoms with Gasteiger partial charge in [-0.2, -0.15) is 0 Å². The number of nitrogens with one attached hydrogen (secondary N) is 1. The van der Waals surface area contributed by atoms with Crippen molar-refractivity contribution in [2.75, 3.05) is 40.3 Å². The average molecular weight is 253 g/mol. The van der Waals surface area contributed by atoms with Gasteiger partial charge in [0.15, 0.2) is 0 Å². The van der Waals surface area contributed by atoms with Gasteiger partial charge in [0.2, 0.25) is 0 Å². The molecule has 17 heavy (non-hydrogen) atoms. The molecule has 2 rings (SSSR count). The fraction of sp³-hybridized carbons (Fsp3) is 0.583. The first kappa shape index (κ1) is 12.5. The quantitative estimate of drug-likeness (QED) is 0.862. The molecule has 0 bridgehead atoms. The highest BCUT2D eigenvalue weighted by molar-refractivity contribution is 7.12. The van der Waals surface area contributed by atoms with Gasteiger partial charge in [0.1, 0.15) is 0 Å². The summed E-state index contributed by atoms with van der Waals surface area (Å²) in [7, 11) is 4.00. The lowest BCUT2D eigenvalue weighted by Gasteiger charge is -2.35. The maximum Gasteiger partial charge on any atom is 0.263 e. The highest BCUT2D eigenvalue weighted by Crippen LogP contribution is 2.12. The zero-order valence-electron chi connectivity index (χ0n) is 10.3. The van der Waals surface area contributed by atoms with Crippen LogP contribution < -0.4 is 5.32 Å². The Bertz CT molecular complexity index is 366. The van der Waals surface area contributed by atoms with E-state index in [2.05, 4.69) is 17.3 Å². The largest absolute Gasteiger partial charge is 0.339 e. The Labute approximate surface area is 106 Å². The van der Waals surface area contributed by atoms with Gasteiger partial charge in [-0.3, -0.25) is 9.69 Å². The van der Waals surface area contributed by atoms with E-state index in [0.717, 1.165) is 31.1 Å². The van der Waals surface area contributed by atoms with Crippen molar-refractivity contribution in [3.8, 4) is 0 Å². The number of amides is 1. The second-order valence-electron chi connectivity index (χ2n) is 4.50. The lowest BCUT2D eigenvalue weighted by Crippen LogP contribution is -2.54. The van der Waals surface area contributed by atoms with Gasteiger partial charge in [0.05, 0.1) is 4.88 Å². The van der Waals surface area contributed by atoms with Crippen molar-refractivity contribution in [1.82, 2.24) is 15.1 Å². The summed E-state index contributed by atoms with van der Waals surface area (Å²) < 4.78 is 0. The van der Waals surface area contributed by atoms with Gasteiger partial charge in [0, 0.05) is 39.3 Å². The Morgan fingerprint density at radius 2 is 2.53 bits per heavy atom. The number of hydrogen-bond acceptors (Lipinski definition) is 4. The van der Waals surface area contributed by atoms with Crippen LogP contribution in [0.2, 0.25) is 0 Å². The minimum atomic E-state index is 0.124. The van der Waals surface area contributed by atoms with Crippen molar-refractivity contribution in [2.45, 2.75) is 6.04 Å². The third-order valence-corrected chi connectivity index (χ3v) is 4.07. The molecule has 1 atom stereocenters. The molecule has 4 nitrogen and oxygen atoms in total. The Balaban J connectivity index is 1.92. The summed E-state index contributed by atoms with van der Waals surface area (Å²) in [4.78, 5) is 17.0. The minimum Gasteiger partial charge on any atom is -0.339 e. The molecule has 1 N–H and O–H groups in total. The van der Waals surface area contributed by atoms with Crippen LogP contribution in [0.15, 0.2) is 17.5 Å². The van der Waals surface area contributed by atoms with Crippen LogP contribution in [0.4, 0.5) is 0 Å². The zero-order chi connectivity index (χ0) is 12.3. The maximum absolute atomic E-state index is 12.1. The van der Waals surface area contributed by atoms with Gasteiger partial charge in [-0.1, -0.05) is 6.07 Å². The molecule has 0 radical (unpaired) electrons. The van der Waals surface area contributed by atoms with Crippen molar-refractivity contribution in [1.29, 1.82) is 0 Å². The van der Waals surface area contributed by atoms with Gasteiger partial charge in [-0.05, 0) is 18.5 Å². The fourth-order valence-corrected chi connectivity index (χ4v) is 2.77. The Morgan fingerprint density at radius 3 is 3.18 bits per heavy atom. The number of nitrogens with zero attached hydrogens (tertiary/aromatic N) is 2. The molecule has 1 amide bonds. The molecule has 0 aromatic carbocycles. The molecular weight excluding hydrogens is 234 g/mol. The summed E-state index contributed by atoms with van der Waals surface area (Å²) in [5.41, 5.74) is 0. The highest BCUT2D eigenvalue weighted by atomic mass is 32.1. The Kier molecular flexibility index (Phi) is 4.15. The topological polar surface area (TPSA) is 35.6 Å². The van der Waals surface area contributed by atoms with Gasteiger partial charge >= 0.3 is 0 Å². The second kappa shape index (κ2) is 5.62. The van der Waals surface area contributed by atoms with E-state index in [4.69, 9.17) is 0 Å². The molecular formula is C12H19N3OS. The number of carbonyl (C=O) groups is 1. The first-order chi connectivity index (χ1) is 8.18. The smallest absolute Gasteiger partial charge is 0.263 e. The number of likely N-dealkylation sites (N-methyl/N-ethyl adjacent to an activating group) is 2. The van der Waals surface area contributed by atoms with E-state index in [1.807, 2.05) is 29.5 Å². The lowest BCUT2D eigenvalue weighted by molar-refractivity contribution is 0.0733. The summed E-state index contributed by atoms with van der Waals surface area (Å²) in [6.07, 6.45) is 0. The van der Waals surface area contributed by atoms with Gasteiger partial charge in [0.25, 0.3) is 5.91 Å². The predicted octanol–water partition coefficient (Wildman–Crippen LogP) is 0.724. The average Bonchev–Trinajstić information content (AvgIpc) is 2.84. The SMILES string of the molecule is CN(CC1CNCCN1C)C(=O)c1cccs1. The first-order valence-corrected chi connectivity index (χ1v) is 6.76. The Morgan fingerprint density at radius 1 is 1.71 bits per heavy atom. The molecule has 1 saturated heterocycles. The van der Waals surface area contributed by atoms with Gasteiger partial charge in [-0.25, -0.2) is 0 Å². The van der Waals surface area contributed by atoms with Crippen LogP contribution in [0.25, 0.3) is 0 Å². The molecule has 1 fully saturated rings. The molecule has 94 valence electrons.